The van der Waals surface area contributed by atoms with Gasteiger partial charge in [0.15, 0.2) is 0 Å². The van der Waals surface area contributed by atoms with E-state index in [2.05, 4.69) is 16.1 Å². The zero-order chi connectivity index (χ0) is 12.0. The lowest BCUT2D eigenvalue weighted by Crippen LogP contribution is -2.35. The second kappa shape index (κ2) is 5.72. The lowest BCUT2D eigenvalue weighted by atomic mass is 10.1. The van der Waals surface area contributed by atoms with E-state index >= 15 is 0 Å². The number of carbonyl (C=O) groups excluding carboxylic acids is 2. The fourth-order valence-electron chi connectivity index (χ4n) is 1.15. The third-order valence-corrected chi connectivity index (χ3v) is 2.02. The van der Waals surface area contributed by atoms with Crippen LogP contribution in [0.2, 0.25) is 0 Å². The van der Waals surface area contributed by atoms with Gasteiger partial charge >= 0.3 is 0 Å². The summed E-state index contributed by atoms with van der Waals surface area (Å²) in [6, 6.07) is 6.77. The molecule has 6 nitrogen and oxygen atoms in total. The summed E-state index contributed by atoms with van der Waals surface area (Å²) >= 11 is 0. The SMILES string of the molecule is CNC(=O)CNC(=O)c1ccccc1NN. The van der Waals surface area contributed by atoms with Crippen molar-refractivity contribution >= 4 is 17.5 Å². The van der Waals surface area contributed by atoms with E-state index in [-0.39, 0.29) is 18.4 Å². The number of nitrogen functional groups attached to an aromatic ring is 1. The number of hydrazine groups is 1. The summed E-state index contributed by atoms with van der Waals surface area (Å²) in [6.45, 7) is -0.0613. The number of hydrogen-bond acceptors (Lipinski definition) is 4. The maximum absolute atomic E-state index is 11.7. The summed E-state index contributed by atoms with van der Waals surface area (Å²) in [4.78, 5) is 22.6. The van der Waals surface area contributed by atoms with E-state index < -0.39 is 0 Å². The van der Waals surface area contributed by atoms with Crippen molar-refractivity contribution in [3.63, 3.8) is 0 Å². The van der Waals surface area contributed by atoms with Gasteiger partial charge in [-0.05, 0) is 12.1 Å². The molecule has 16 heavy (non-hydrogen) atoms. The molecule has 86 valence electrons. The van der Waals surface area contributed by atoms with Crippen LogP contribution in [0.15, 0.2) is 24.3 Å². The van der Waals surface area contributed by atoms with Gasteiger partial charge in [-0.15, -0.1) is 0 Å². The minimum Gasteiger partial charge on any atom is -0.358 e. The predicted octanol–water partition coefficient (Wildman–Crippen LogP) is -0.552. The highest BCUT2D eigenvalue weighted by Gasteiger charge is 2.10. The van der Waals surface area contributed by atoms with E-state index in [0.29, 0.717) is 11.3 Å². The maximum atomic E-state index is 11.7. The van der Waals surface area contributed by atoms with Crippen LogP contribution in [0.1, 0.15) is 10.4 Å². The van der Waals surface area contributed by atoms with Crippen LogP contribution in [0.3, 0.4) is 0 Å². The molecule has 0 spiro atoms. The molecular formula is C10H14N4O2. The Bertz CT molecular complexity index is 392. The number of carbonyl (C=O) groups is 2. The summed E-state index contributed by atoms with van der Waals surface area (Å²) in [6.07, 6.45) is 0. The Kier molecular flexibility index (Phi) is 4.28. The number of para-hydroxylation sites is 1. The van der Waals surface area contributed by atoms with Gasteiger partial charge in [0.2, 0.25) is 5.91 Å². The molecule has 0 atom stereocenters. The van der Waals surface area contributed by atoms with Crippen LogP contribution in [0.25, 0.3) is 0 Å². The Morgan fingerprint density at radius 1 is 1.31 bits per heavy atom. The van der Waals surface area contributed by atoms with Gasteiger partial charge in [-0.3, -0.25) is 15.4 Å². The van der Waals surface area contributed by atoms with Crippen molar-refractivity contribution in [3.8, 4) is 0 Å². The quantitative estimate of drug-likeness (QED) is 0.406. The second-order valence-corrected chi connectivity index (χ2v) is 3.05. The number of likely N-dealkylation sites (N-methyl/N-ethyl adjacent to an activating group) is 1. The molecule has 1 aromatic rings. The van der Waals surface area contributed by atoms with Gasteiger partial charge in [0.1, 0.15) is 0 Å². The van der Waals surface area contributed by atoms with Crippen molar-refractivity contribution in [3.05, 3.63) is 29.8 Å². The van der Waals surface area contributed by atoms with E-state index in [9.17, 15) is 9.59 Å². The molecule has 0 bridgehead atoms. The number of hydrogen-bond donors (Lipinski definition) is 4. The first-order valence-corrected chi connectivity index (χ1v) is 4.73. The second-order valence-electron chi connectivity index (χ2n) is 3.05. The van der Waals surface area contributed by atoms with E-state index in [0.717, 1.165) is 0 Å². The number of anilines is 1. The first kappa shape index (κ1) is 12.0. The topological polar surface area (TPSA) is 96.2 Å². The van der Waals surface area contributed by atoms with Crippen LogP contribution >= 0.6 is 0 Å². The number of nitrogens with two attached hydrogens (primary N) is 1. The van der Waals surface area contributed by atoms with Gasteiger partial charge in [-0.1, -0.05) is 12.1 Å². The van der Waals surface area contributed by atoms with Crippen LogP contribution in [0.4, 0.5) is 5.69 Å². The number of amides is 2. The van der Waals surface area contributed by atoms with Crippen molar-refractivity contribution in [1.29, 1.82) is 0 Å². The zero-order valence-corrected chi connectivity index (χ0v) is 8.91. The molecule has 6 heteroatoms. The Balaban J connectivity index is 2.69. The summed E-state index contributed by atoms with van der Waals surface area (Å²) in [7, 11) is 1.50. The fourth-order valence-corrected chi connectivity index (χ4v) is 1.15. The third kappa shape index (κ3) is 2.96. The molecule has 0 radical (unpaired) electrons. The summed E-state index contributed by atoms with van der Waals surface area (Å²) < 4.78 is 0. The van der Waals surface area contributed by atoms with Gasteiger partial charge in [-0.25, -0.2) is 0 Å². The van der Waals surface area contributed by atoms with Crippen molar-refractivity contribution < 1.29 is 9.59 Å². The molecule has 0 aliphatic heterocycles. The van der Waals surface area contributed by atoms with Crippen LogP contribution < -0.4 is 21.9 Å². The summed E-state index contributed by atoms with van der Waals surface area (Å²) in [5, 5.41) is 4.88. The number of nitrogens with one attached hydrogen (secondary N) is 3. The standard InChI is InChI=1S/C10H14N4O2/c1-12-9(15)6-13-10(16)7-4-2-3-5-8(7)14-11/h2-5,14H,6,11H2,1H3,(H,12,15)(H,13,16). The van der Waals surface area contributed by atoms with Crippen LogP contribution in [-0.4, -0.2) is 25.4 Å². The fraction of sp³-hybridized carbons (Fsp3) is 0.200. The van der Waals surface area contributed by atoms with Crippen molar-refractivity contribution in [2.45, 2.75) is 0 Å². The van der Waals surface area contributed by atoms with Crippen molar-refractivity contribution in [1.82, 2.24) is 10.6 Å². The lowest BCUT2D eigenvalue weighted by molar-refractivity contribution is -0.119. The summed E-state index contributed by atoms with van der Waals surface area (Å²) in [5.74, 6) is 4.65. The van der Waals surface area contributed by atoms with Crippen LogP contribution in [0, 0.1) is 0 Å². The Morgan fingerprint density at radius 2 is 2.00 bits per heavy atom. The van der Waals surface area contributed by atoms with Gasteiger partial charge in [0.25, 0.3) is 5.91 Å². The van der Waals surface area contributed by atoms with E-state index in [1.165, 1.54) is 7.05 Å². The first-order valence-electron chi connectivity index (χ1n) is 4.73. The average molecular weight is 222 g/mol. The number of benzene rings is 1. The molecule has 0 aliphatic carbocycles. The van der Waals surface area contributed by atoms with Gasteiger partial charge in [-0.2, -0.15) is 0 Å². The molecule has 1 aromatic carbocycles. The lowest BCUT2D eigenvalue weighted by Gasteiger charge is -2.08. The molecule has 2 amide bonds. The molecule has 0 saturated carbocycles. The minimum atomic E-state index is -0.350. The average Bonchev–Trinajstić information content (AvgIpc) is 2.35. The monoisotopic (exact) mass is 222 g/mol. The van der Waals surface area contributed by atoms with Crippen molar-refractivity contribution in [2.75, 3.05) is 19.0 Å². The zero-order valence-electron chi connectivity index (χ0n) is 8.91. The van der Waals surface area contributed by atoms with Crippen LogP contribution in [0.5, 0.6) is 0 Å². The van der Waals surface area contributed by atoms with Gasteiger partial charge in [0.05, 0.1) is 17.8 Å². The Morgan fingerprint density at radius 3 is 2.62 bits per heavy atom. The van der Waals surface area contributed by atoms with Gasteiger partial charge < -0.3 is 16.1 Å². The molecular weight excluding hydrogens is 208 g/mol. The molecule has 0 aromatic heterocycles. The molecule has 5 N–H and O–H groups in total. The maximum Gasteiger partial charge on any atom is 0.253 e. The molecule has 1 rings (SSSR count). The first-order chi connectivity index (χ1) is 7.69. The molecule has 0 saturated heterocycles. The normalized spacial score (nSPS) is 9.38. The molecule has 0 fully saturated rings. The van der Waals surface area contributed by atoms with E-state index in [1.54, 1.807) is 24.3 Å². The minimum absolute atomic E-state index is 0.0613. The highest BCUT2D eigenvalue weighted by molar-refractivity contribution is 6.00. The molecule has 0 unspecified atom stereocenters. The van der Waals surface area contributed by atoms with Crippen molar-refractivity contribution in [2.24, 2.45) is 5.84 Å². The molecule has 0 heterocycles. The summed E-state index contributed by atoms with van der Waals surface area (Å²) in [5.41, 5.74) is 3.32. The van der Waals surface area contributed by atoms with E-state index in [4.69, 9.17) is 5.84 Å². The van der Waals surface area contributed by atoms with E-state index in [1.807, 2.05) is 0 Å². The third-order valence-electron chi connectivity index (χ3n) is 2.02. The Hall–Kier alpha value is -2.08. The highest BCUT2D eigenvalue weighted by Crippen LogP contribution is 2.12. The smallest absolute Gasteiger partial charge is 0.253 e. The van der Waals surface area contributed by atoms with Gasteiger partial charge in [0, 0.05) is 7.05 Å². The molecule has 0 aliphatic rings. The largest absolute Gasteiger partial charge is 0.358 e. The predicted molar refractivity (Wildman–Crippen MR) is 60.7 cm³/mol. The number of rotatable bonds is 4. The Labute approximate surface area is 93.2 Å². The van der Waals surface area contributed by atoms with Crippen LogP contribution in [-0.2, 0) is 4.79 Å². The highest BCUT2D eigenvalue weighted by atomic mass is 16.2.